The van der Waals surface area contributed by atoms with Crippen molar-refractivity contribution in [2.45, 2.75) is 0 Å². The lowest BCUT2D eigenvalue weighted by Crippen LogP contribution is -1.95. The summed E-state index contributed by atoms with van der Waals surface area (Å²) in [5.41, 5.74) is -0.0671. The van der Waals surface area contributed by atoms with E-state index in [0.717, 1.165) is 0 Å². The number of phenols is 1. The summed E-state index contributed by atoms with van der Waals surface area (Å²) in [6, 6.07) is 5.81. The molecule has 0 aliphatic carbocycles. The van der Waals surface area contributed by atoms with Crippen LogP contribution in [0, 0.1) is 0 Å². The van der Waals surface area contributed by atoms with Crippen LogP contribution in [0.25, 0.3) is 0 Å². The second kappa shape index (κ2) is 5.61. The molecule has 0 aliphatic heterocycles. The molecule has 4 N–H and O–H groups in total. The molecule has 0 fully saturated rings. The molecular formula is C7H11AlO4. The van der Waals surface area contributed by atoms with E-state index in [4.69, 9.17) is 10.2 Å². The Balaban J connectivity index is 0. The summed E-state index contributed by atoms with van der Waals surface area (Å²) >= 11 is 0. The maximum atomic E-state index is 10.3. The SMILES string of the molecule is O.O=C(O)c1ccccc1O.[AlH3]. The topological polar surface area (TPSA) is 89.0 Å². The molecule has 1 rings (SSSR count). The molecular weight excluding hydrogens is 175 g/mol. The van der Waals surface area contributed by atoms with Crippen molar-refractivity contribution in [2.75, 3.05) is 0 Å². The van der Waals surface area contributed by atoms with Gasteiger partial charge in [0, 0.05) is 0 Å². The van der Waals surface area contributed by atoms with Gasteiger partial charge in [0.2, 0.25) is 0 Å². The fraction of sp³-hybridized carbons (Fsp3) is 0. The van der Waals surface area contributed by atoms with Gasteiger partial charge in [-0.05, 0) is 12.1 Å². The summed E-state index contributed by atoms with van der Waals surface area (Å²) in [6.07, 6.45) is 0. The van der Waals surface area contributed by atoms with E-state index in [2.05, 4.69) is 0 Å². The Morgan fingerprint density at radius 1 is 1.25 bits per heavy atom. The van der Waals surface area contributed by atoms with Crippen molar-refractivity contribution in [2.24, 2.45) is 0 Å². The minimum Gasteiger partial charge on any atom is -0.507 e. The monoisotopic (exact) mass is 186 g/mol. The summed E-state index contributed by atoms with van der Waals surface area (Å²) in [5, 5.41) is 17.3. The normalized spacial score (nSPS) is 7.67. The van der Waals surface area contributed by atoms with Gasteiger partial charge in [-0.25, -0.2) is 4.79 Å². The quantitative estimate of drug-likeness (QED) is 0.556. The number of carbonyl (C=O) groups is 1. The van der Waals surface area contributed by atoms with Crippen molar-refractivity contribution < 1.29 is 20.5 Å². The minimum atomic E-state index is -1.11. The molecule has 0 radical (unpaired) electrons. The van der Waals surface area contributed by atoms with Crippen LogP contribution in [0.15, 0.2) is 24.3 Å². The van der Waals surface area contributed by atoms with Gasteiger partial charge in [-0.2, -0.15) is 0 Å². The van der Waals surface area contributed by atoms with E-state index in [-0.39, 0.29) is 34.2 Å². The molecule has 0 heterocycles. The first-order chi connectivity index (χ1) is 4.72. The Morgan fingerprint density at radius 3 is 2.08 bits per heavy atom. The Morgan fingerprint density at radius 2 is 1.75 bits per heavy atom. The zero-order valence-electron chi connectivity index (χ0n) is 5.61. The number of hydrogen-bond donors (Lipinski definition) is 2. The number of carboxylic acids is 1. The van der Waals surface area contributed by atoms with E-state index < -0.39 is 5.97 Å². The second-order valence-electron chi connectivity index (χ2n) is 1.82. The van der Waals surface area contributed by atoms with Crippen LogP contribution in [-0.4, -0.2) is 39.0 Å². The molecule has 4 nitrogen and oxygen atoms in total. The third-order valence-corrected chi connectivity index (χ3v) is 1.13. The number of benzene rings is 1. The maximum absolute atomic E-state index is 10.3. The van der Waals surface area contributed by atoms with Crippen molar-refractivity contribution in [3.05, 3.63) is 29.8 Å². The molecule has 1 aromatic carbocycles. The number of rotatable bonds is 1. The van der Waals surface area contributed by atoms with Gasteiger partial charge in [0.05, 0.1) is 0 Å². The van der Waals surface area contributed by atoms with Crippen molar-refractivity contribution >= 4 is 23.3 Å². The molecule has 5 heteroatoms. The Kier molecular flexibility index (Phi) is 6.34. The molecule has 12 heavy (non-hydrogen) atoms. The van der Waals surface area contributed by atoms with Gasteiger partial charge < -0.3 is 15.7 Å². The van der Waals surface area contributed by atoms with Crippen LogP contribution in [0.1, 0.15) is 10.4 Å². The minimum absolute atomic E-state index is 0. The number of hydrogen-bond acceptors (Lipinski definition) is 2. The summed E-state index contributed by atoms with van der Waals surface area (Å²) < 4.78 is 0. The van der Waals surface area contributed by atoms with E-state index >= 15 is 0 Å². The first-order valence-corrected chi connectivity index (χ1v) is 2.73. The average Bonchev–Trinajstić information content (AvgIpc) is 1.88. The van der Waals surface area contributed by atoms with Gasteiger partial charge in [-0.15, -0.1) is 0 Å². The maximum Gasteiger partial charge on any atom is 0.339 e. The summed E-state index contributed by atoms with van der Waals surface area (Å²) in [6.45, 7) is 0. The third-order valence-electron chi connectivity index (χ3n) is 1.13. The van der Waals surface area contributed by atoms with Crippen LogP contribution in [0.2, 0.25) is 0 Å². The molecule has 0 unspecified atom stereocenters. The lowest BCUT2D eigenvalue weighted by Gasteiger charge is -1.95. The van der Waals surface area contributed by atoms with E-state index in [1.165, 1.54) is 12.1 Å². The first kappa shape index (κ1) is 13.6. The fourth-order valence-corrected chi connectivity index (χ4v) is 0.654. The summed E-state index contributed by atoms with van der Waals surface area (Å²) in [7, 11) is 0. The third kappa shape index (κ3) is 2.93. The van der Waals surface area contributed by atoms with Crippen molar-refractivity contribution in [3.8, 4) is 5.75 Å². The predicted molar refractivity (Wildman–Crippen MR) is 48.6 cm³/mol. The smallest absolute Gasteiger partial charge is 0.339 e. The van der Waals surface area contributed by atoms with E-state index in [0.29, 0.717) is 0 Å². The van der Waals surface area contributed by atoms with Gasteiger partial charge in [-0.1, -0.05) is 12.1 Å². The van der Waals surface area contributed by atoms with Gasteiger partial charge in [-0.3, -0.25) is 0 Å². The van der Waals surface area contributed by atoms with Crippen molar-refractivity contribution in [1.29, 1.82) is 0 Å². The molecule has 0 spiro atoms. The zero-order chi connectivity index (χ0) is 7.56. The van der Waals surface area contributed by atoms with Crippen LogP contribution in [0.3, 0.4) is 0 Å². The first-order valence-electron chi connectivity index (χ1n) is 2.73. The average molecular weight is 186 g/mol. The molecule has 0 aromatic heterocycles. The highest BCUT2D eigenvalue weighted by atomic mass is 27.0. The molecule has 66 valence electrons. The van der Waals surface area contributed by atoms with Crippen LogP contribution in [0.4, 0.5) is 0 Å². The van der Waals surface area contributed by atoms with Crippen molar-refractivity contribution in [1.82, 2.24) is 0 Å². The Bertz CT molecular complexity index is 261. The van der Waals surface area contributed by atoms with Crippen LogP contribution < -0.4 is 0 Å². The highest BCUT2D eigenvalue weighted by Crippen LogP contribution is 2.14. The summed E-state index contributed by atoms with van der Waals surface area (Å²) in [5.74, 6) is -1.31. The Labute approximate surface area is 79.9 Å². The second-order valence-corrected chi connectivity index (χ2v) is 1.82. The molecule has 1 aromatic rings. The number of para-hydroxylation sites is 1. The lowest BCUT2D eigenvalue weighted by atomic mass is 10.2. The lowest BCUT2D eigenvalue weighted by molar-refractivity contribution is 0.0694. The molecule has 0 amide bonds. The molecule has 0 bridgehead atoms. The predicted octanol–water partition coefficient (Wildman–Crippen LogP) is -0.918. The highest BCUT2D eigenvalue weighted by Gasteiger charge is 2.05. The fourth-order valence-electron chi connectivity index (χ4n) is 0.654. The Hall–Kier alpha value is -1.02. The van der Waals surface area contributed by atoms with Crippen LogP contribution >= 0.6 is 0 Å². The molecule has 0 atom stereocenters. The zero-order valence-corrected chi connectivity index (χ0v) is 5.61. The van der Waals surface area contributed by atoms with E-state index in [1.54, 1.807) is 12.1 Å². The van der Waals surface area contributed by atoms with E-state index in [9.17, 15) is 4.79 Å². The highest BCUT2D eigenvalue weighted by molar-refractivity contribution is 5.90. The standard InChI is InChI=1S/C7H6O3.Al.H2O.3H/c8-6-4-2-1-3-5(6)7(9)10;;;;;/h1-4,8H,(H,9,10);;1H2;;;. The van der Waals surface area contributed by atoms with Gasteiger partial charge >= 0.3 is 5.97 Å². The van der Waals surface area contributed by atoms with E-state index in [1.807, 2.05) is 0 Å². The van der Waals surface area contributed by atoms with Gasteiger partial charge in [0.25, 0.3) is 0 Å². The largest absolute Gasteiger partial charge is 0.507 e. The number of carboxylic acid groups (broad SMARTS) is 1. The molecule has 0 saturated heterocycles. The molecule has 0 aliphatic rings. The molecule has 0 saturated carbocycles. The van der Waals surface area contributed by atoms with Crippen LogP contribution in [-0.2, 0) is 0 Å². The summed E-state index contributed by atoms with van der Waals surface area (Å²) in [4.78, 5) is 10.3. The van der Waals surface area contributed by atoms with Crippen LogP contribution in [0.5, 0.6) is 5.75 Å². The number of aromatic hydroxyl groups is 1. The van der Waals surface area contributed by atoms with Gasteiger partial charge in [0.15, 0.2) is 17.4 Å². The van der Waals surface area contributed by atoms with Gasteiger partial charge in [0.1, 0.15) is 11.3 Å². The number of aromatic carboxylic acids is 1. The van der Waals surface area contributed by atoms with Crippen molar-refractivity contribution in [3.63, 3.8) is 0 Å².